The van der Waals surface area contributed by atoms with E-state index in [4.69, 9.17) is 21.1 Å². The molecule has 0 spiro atoms. The van der Waals surface area contributed by atoms with E-state index in [0.29, 0.717) is 16.1 Å². The summed E-state index contributed by atoms with van der Waals surface area (Å²) >= 11 is 5.98. The molecule has 1 aromatic rings. The van der Waals surface area contributed by atoms with Crippen LogP contribution in [0.3, 0.4) is 0 Å². The molecule has 0 amide bonds. The van der Waals surface area contributed by atoms with Crippen LogP contribution >= 0.6 is 11.6 Å². The van der Waals surface area contributed by atoms with Gasteiger partial charge in [0.2, 0.25) is 0 Å². The number of carbonyl (C=O) groups excluding carboxylic acids is 1. The van der Waals surface area contributed by atoms with Gasteiger partial charge in [0.25, 0.3) is 0 Å². The molecule has 2 heterocycles. The van der Waals surface area contributed by atoms with Crippen LogP contribution in [0.15, 0.2) is 12.4 Å². The van der Waals surface area contributed by atoms with Gasteiger partial charge in [-0.2, -0.15) is 0 Å². The number of halogens is 1. The van der Waals surface area contributed by atoms with E-state index < -0.39 is 0 Å². The van der Waals surface area contributed by atoms with Gasteiger partial charge < -0.3 is 9.47 Å². The molecule has 1 atom stereocenters. The fraction of sp³-hybridized carbons (Fsp3) is 0.500. The molecule has 4 nitrogen and oxygen atoms in total. The lowest BCUT2D eigenvalue weighted by atomic mass is 10.1. The first kappa shape index (κ1) is 12.5. The Morgan fingerprint density at radius 3 is 3.12 bits per heavy atom. The third-order valence-corrected chi connectivity index (χ3v) is 3.04. The highest BCUT2D eigenvalue weighted by atomic mass is 35.5. The fourth-order valence-corrected chi connectivity index (χ4v) is 1.97. The van der Waals surface area contributed by atoms with Crippen LogP contribution in [0.25, 0.3) is 0 Å². The number of pyridine rings is 1. The number of ether oxygens (including phenoxy) is 2. The standard InChI is InChI=1S/C12H14ClNO3/c13-11-6-14-5-9(7-15)10(11)8-17-12-3-1-2-4-16-12/h5-7,12H,1-4,8H2. The molecule has 0 N–H and O–H groups in total. The highest BCUT2D eigenvalue weighted by Crippen LogP contribution is 2.21. The third-order valence-electron chi connectivity index (χ3n) is 2.72. The van der Waals surface area contributed by atoms with Crippen molar-refractivity contribution in [2.45, 2.75) is 32.2 Å². The summed E-state index contributed by atoms with van der Waals surface area (Å²) in [5.41, 5.74) is 1.14. The molecule has 0 bridgehead atoms. The summed E-state index contributed by atoms with van der Waals surface area (Å²) in [4.78, 5) is 14.7. The van der Waals surface area contributed by atoms with Crippen molar-refractivity contribution < 1.29 is 14.3 Å². The summed E-state index contributed by atoms with van der Waals surface area (Å²) in [6.45, 7) is 1.01. The second-order valence-corrected chi connectivity index (χ2v) is 4.32. The quantitative estimate of drug-likeness (QED) is 0.776. The highest BCUT2D eigenvalue weighted by Gasteiger charge is 2.16. The summed E-state index contributed by atoms with van der Waals surface area (Å²) in [6, 6.07) is 0. The molecular weight excluding hydrogens is 242 g/mol. The lowest BCUT2D eigenvalue weighted by molar-refractivity contribution is -0.168. The SMILES string of the molecule is O=Cc1cncc(Cl)c1COC1CCCCO1. The van der Waals surface area contributed by atoms with E-state index >= 15 is 0 Å². The molecule has 0 aliphatic carbocycles. The van der Waals surface area contributed by atoms with Crippen molar-refractivity contribution >= 4 is 17.9 Å². The summed E-state index contributed by atoms with van der Waals surface area (Å²) < 4.78 is 11.0. The highest BCUT2D eigenvalue weighted by molar-refractivity contribution is 6.31. The molecule has 1 unspecified atom stereocenters. The molecule has 0 radical (unpaired) electrons. The lowest BCUT2D eigenvalue weighted by Gasteiger charge is -2.23. The zero-order chi connectivity index (χ0) is 12.1. The molecule has 1 fully saturated rings. The van der Waals surface area contributed by atoms with Crippen LogP contribution in [0.4, 0.5) is 0 Å². The second kappa shape index (κ2) is 6.10. The van der Waals surface area contributed by atoms with Gasteiger partial charge in [-0.1, -0.05) is 11.6 Å². The van der Waals surface area contributed by atoms with E-state index in [1.54, 1.807) is 0 Å². The van der Waals surface area contributed by atoms with E-state index in [9.17, 15) is 4.79 Å². The van der Waals surface area contributed by atoms with Crippen molar-refractivity contribution in [1.82, 2.24) is 4.98 Å². The topological polar surface area (TPSA) is 48.4 Å². The largest absolute Gasteiger partial charge is 0.353 e. The number of hydrogen-bond donors (Lipinski definition) is 0. The zero-order valence-electron chi connectivity index (χ0n) is 9.39. The molecule has 1 aliphatic heterocycles. The molecule has 0 aromatic carbocycles. The van der Waals surface area contributed by atoms with E-state index in [1.807, 2.05) is 0 Å². The summed E-state index contributed by atoms with van der Waals surface area (Å²) in [7, 11) is 0. The Morgan fingerprint density at radius 2 is 2.41 bits per heavy atom. The van der Waals surface area contributed by atoms with Crippen molar-refractivity contribution in [1.29, 1.82) is 0 Å². The maximum atomic E-state index is 10.8. The summed E-state index contributed by atoms with van der Waals surface area (Å²) in [6.07, 6.45) is 6.62. The molecule has 2 rings (SSSR count). The Morgan fingerprint density at radius 1 is 1.53 bits per heavy atom. The van der Waals surface area contributed by atoms with Crippen LogP contribution in [-0.2, 0) is 16.1 Å². The lowest BCUT2D eigenvalue weighted by Crippen LogP contribution is -2.22. The molecule has 0 saturated carbocycles. The maximum Gasteiger partial charge on any atom is 0.158 e. The first-order chi connectivity index (χ1) is 8.31. The Labute approximate surface area is 105 Å². The number of aromatic nitrogens is 1. The zero-order valence-corrected chi connectivity index (χ0v) is 10.2. The smallest absolute Gasteiger partial charge is 0.158 e. The summed E-state index contributed by atoms with van der Waals surface area (Å²) in [5.74, 6) is 0. The average molecular weight is 256 g/mol. The Bertz CT molecular complexity index is 391. The van der Waals surface area contributed by atoms with Crippen molar-refractivity contribution in [3.8, 4) is 0 Å². The Hall–Kier alpha value is -0.970. The first-order valence-corrected chi connectivity index (χ1v) is 6.00. The number of rotatable bonds is 4. The van der Waals surface area contributed by atoms with E-state index in [0.717, 1.165) is 32.2 Å². The van der Waals surface area contributed by atoms with Gasteiger partial charge in [0.05, 0.1) is 11.6 Å². The van der Waals surface area contributed by atoms with Crippen LogP contribution in [0.5, 0.6) is 0 Å². The first-order valence-electron chi connectivity index (χ1n) is 5.62. The number of aldehydes is 1. The van der Waals surface area contributed by atoms with E-state index in [-0.39, 0.29) is 12.9 Å². The van der Waals surface area contributed by atoms with Crippen molar-refractivity contribution in [3.05, 3.63) is 28.5 Å². The van der Waals surface area contributed by atoms with E-state index in [2.05, 4.69) is 4.98 Å². The van der Waals surface area contributed by atoms with Gasteiger partial charge >= 0.3 is 0 Å². The van der Waals surface area contributed by atoms with Gasteiger partial charge in [-0.15, -0.1) is 0 Å². The number of hydrogen-bond acceptors (Lipinski definition) is 4. The van der Waals surface area contributed by atoms with Crippen LogP contribution in [0, 0.1) is 0 Å². The molecule has 5 heteroatoms. The molecule has 1 saturated heterocycles. The van der Waals surface area contributed by atoms with E-state index in [1.165, 1.54) is 12.4 Å². The number of nitrogens with zero attached hydrogens (tertiary/aromatic N) is 1. The molecular formula is C12H14ClNO3. The van der Waals surface area contributed by atoms with Crippen LogP contribution in [0.2, 0.25) is 5.02 Å². The molecule has 1 aliphatic rings. The Balaban J connectivity index is 2.00. The van der Waals surface area contributed by atoms with Crippen molar-refractivity contribution in [2.75, 3.05) is 6.61 Å². The number of carbonyl (C=O) groups is 1. The van der Waals surface area contributed by atoms with Gasteiger partial charge in [0.1, 0.15) is 0 Å². The van der Waals surface area contributed by atoms with Crippen molar-refractivity contribution in [3.63, 3.8) is 0 Å². The molecule has 17 heavy (non-hydrogen) atoms. The Kier molecular flexibility index (Phi) is 4.48. The van der Waals surface area contributed by atoms with Crippen LogP contribution in [0.1, 0.15) is 35.2 Å². The molecule has 92 valence electrons. The fourth-order valence-electron chi connectivity index (χ4n) is 1.75. The second-order valence-electron chi connectivity index (χ2n) is 3.91. The predicted octanol–water partition coefficient (Wildman–Crippen LogP) is 2.59. The minimum absolute atomic E-state index is 0.188. The third kappa shape index (κ3) is 3.25. The van der Waals surface area contributed by atoms with Gasteiger partial charge in [-0.05, 0) is 19.3 Å². The normalized spacial score (nSPS) is 20.2. The minimum Gasteiger partial charge on any atom is -0.353 e. The summed E-state index contributed by atoms with van der Waals surface area (Å²) in [5, 5.41) is 0.449. The van der Waals surface area contributed by atoms with Gasteiger partial charge in [-0.25, -0.2) is 0 Å². The predicted molar refractivity (Wildman–Crippen MR) is 63.0 cm³/mol. The average Bonchev–Trinajstić information content (AvgIpc) is 2.38. The maximum absolute atomic E-state index is 10.8. The van der Waals surface area contributed by atoms with Gasteiger partial charge in [-0.3, -0.25) is 9.78 Å². The van der Waals surface area contributed by atoms with Gasteiger partial charge in [0.15, 0.2) is 12.6 Å². The van der Waals surface area contributed by atoms with Crippen molar-refractivity contribution in [2.24, 2.45) is 0 Å². The van der Waals surface area contributed by atoms with Crippen LogP contribution in [-0.4, -0.2) is 24.2 Å². The van der Waals surface area contributed by atoms with Crippen LogP contribution < -0.4 is 0 Å². The monoisotopic (exact) mass is 255 g/mol. The minimum atomic E-state index is -0.188. The van der Waals surface area contributed by atoms with Gasteiger partial charge in [0, 0.05) is 30.1 Å². The molecule has 1 aromatic heterocycles.